The quantitative estimate of drug-likeness (QED) is 0.484. The summed E-state index contributed by atoms with van der Waals surface area (Å²) in [6.07, 6.45) is 9.05. The SMILES string of the molecule is CCC[C@H](c1nnnn1C[C@@H]1CCCO1)N(Cc1cc2cc(C)cc(C)c2[nH]c1=O)C1CCCC1. The highest BCUT2D eigenvalue weighted by Gasteiger charge is 2.33. The maximum Gasteiger partial charge on any atom is 0.252 e. The van der Waals surface area contributed by atoms with Gasteiger partial charge in [-0.1, -0.05) is 37.8 Å². The van der Waals surface area contributed by atoms with Gasteiger partial charge in [-0.3, -0.25) is 9.69 Å². The molecule has 2 fully saturated rings. The van der Waals surface area contributed by atoms with Crippen LogP contribution in [0.1, 0.15) is 86.8 Å². The van der Waals surface area contributed by atoms with Gasteiger partial charge in [-0.15, -0.1) is 5.10 Å². The third-order valence-corrected chi connectivity index (χ3v) is 7.74. The highest BCUT2D eigenvalue weighted by Crippen LogP contribution is 2.34. The van der Waals surface area contributed by atoms with E-state index in [9.17, 15) is 4.79 Å². The molecule has 0 unspecified atom stereocenters. The van der Waals surface area contributed by atoms with E-state index in [1.165, 1.54) is 18.4 Å². The molecule has 8 nitrogen and oxygen atoms in total. The third kappa shape index (κ3) is 5.19. The van der Waals surface area contributed by atoms with E-state index in [2.05, 4.69) is 64.4 Å². The number of tetrazole rings is 1. The van der Waals surface area contributed by atoms with Gasteiger partial charge in [0.1, 0.15) is 0 Å². The predicted molar refractivity (Wildman–Crippen MR) is 136 cm³/mol. The van der Waals surface area contributed by atoms with Crippen LogP contribution in [0.15, 0.2) is 23.0 Å². The van der Waals surface area contributed by atoms with Crippen molar-refractivity contribution in [2.75, 3.05) is 6.61 Å². The van der Waals surface area contributed by atoms with E-state index in [0.29, 0.717) is 19.1 Å². The van der Waals surface area contributed by atoms with Crippen molar-refractivity contribution in [3.8, 4) is 0 Å². The van der Waals surface area contributed by atoms with Crippen molar-refractivity contribution < 1.29 is 4.74 Å². The summed E-state index contributed by atoms with van der Waals surface area (Å²) in [5, 5.41) is 14.1. The maximum absolute atomic E-state index is 13.2. The maximum atomic E-state index is 13.2. The van der Waals surface area contributed by atoms with Crippen molar-refractivity contribution >= 4 is 10.9 Å². The Bertz CT molecular complexity index is 1210. The molecule has 8 heteroatoms. The second-order valence-corrected chi connectivity index (χ2v) is 10.4. The Hall–Kier alpha value is -2.58. The average Bonchev–Trinajstić information content (AvgIpc) is 3.61. The molecule has 35 heavy (non-hydrogen) atoms. The van der Waals surface area contributed by atoms with Crippen molar-refractivity contribution in [1.29, 1.82) is 0 Å². The third-order valence-electron chi connectivity index (χ3n) is 7.74. The van der Waals surface area contributed by atoms with E-state index in [-0.39, 0.29) is 17.7 Å². The first-order chi connectivity index (χ1) is 17.0. The Morgan fingerprint density at radius 2 is 2.00 bits per heavy atom. The van der Waals surface area contributed by atoms with Crippen LogP contribution in [-0.2, 0) is 17.8 Å². The minimum Gasteiger partial charge on any atom is -0.376 e. The Balaban J connectivity index is 1.51. The van der Waals surface area contributed by atoms with Gasteiger partial charge < -0.3 is 9.72 Å². The normalized spacial score (nSPS) is 19.8. The summed E-state index contributed by atoms with van der Waals surface area (Å²) in [6, 6.07) is 6.86. The van der Waals surface area contributed by atoms with Crippen LogP contribution in [0.5, 0.6) is 0 Å². The van der Waals surface area contributed by atoms with Gasteiger partial charge in [0.05, 0.1) is 24.2 Å². The summed E-state index contributed by atoms with van der Waals surface area (Å²) >= 11 is 0. The molecule has 0 bridgehead atoms. The number of nitrogens with zero attached hydrogens (tertiary/aromatic N) is 5. The monoisotopic (exact) mass is 478 g/mol. The lowest BCUT2D eigenvalue weighted by Crippen LogP contribution is -2.39. The average molecular weight is 479 g/mol. The number of nitrogens with one attached hydrogen (secondary N) is 1. The molecule has 3 aromatic rings. The van der Waals surface area contributed by atoms with Crippen molar-refractivity contribution in [1.82, 2.24) is 30.1 Å². The molecular weight excluding hydrogens is 440 g/mol. The Morgan fingerprint density at radius 1 is 1.17 bits per heavy atom. The fourth-order valence-electron chi connectivity index (χ4n) is 6.05. The lowest BCUT2D eigenvalue weighted by atomic mass is 10.0. The number of hydrogen-bond acceptors (Lipinski definition) is 6. The van der Waals surface area contributed by atoms with Gasteiger partial charge in [0.2, 0.25) is 0 Å². The number of aromatic amines is 1. The molecule has 0 amide bonds. The molecule has 5 rings (SSSR count). The van der Waals surface area contributed by atoms with Crippen molar-refractivity contribution in [2.24, 2.45) is 0 Å². The van der Waals surface area contributed by atoms with E-state index < -0.39 is 0 Å². The Kier molecular flexibility index (Phi) is 7.29. The summed E-state index contributed by atoms with van der Waals surface area (Å²) in [4.78, 5) is 18.9. The van der Waals surface area contributed by atoms with Crippen LogP contribution in [0, 0.1) is 13.8 Å². The van der Waals surface area contributed by atoms with Gasteiger partial charge in [0.25, 0.3) is 5.56 Å². The molecule has 1 N–H and O–H groups in total. The van der Waals surface area contributed by atoms with Crippen molar-refractivity contribution in [2.45, 2.75) is 103 Å². The lowest BCUT2D eigenvalue weighted by Gasteiger charge is -2.36. The van der Waals surface area contributed by atoms with Gasteiger partial charge in [0.15, 0.2) is 5.82 Å². The van der Waals surface area contributed by atoms with Crippen molar-refractivity contribution in [3.63, 3.8) is 0 Å². The molecule has 2 atom stereocenters. The van der Waals surface area contributed by atoms with E-state index in [4.69, 9.17) is 4.74 Å². The fourth-order valence-corrected chi connectivity index (χ4v) is 6.05. The zero-order valence-electron chi connectivity index (χ0n) is 21.3. The number of hydrogen-bond donors (Lipinski definition) is 1. The smallest absolute Gasteiger partial charge is 0.252 e. The summed E-state index contributed by atoms with van der Waals surface area (Å²) < 4.78 is 7.83. The molecule has 188 valence electrons. The Labute approximate surface area is 207 Å². The van der Waals surface area contributed by atoms with Crippen LogP contribution < -0.4 is 5.56 Å². The van der Waals surface area contributed by atoms with E-state index in [0.717, 1.165) is 73.0 Å². The van der Waals surface area contributed by atoms with Crippen LogP contribution in [0.25, 0.3) is 10.9 Å². The zero-order chi connectivity index (χ0) is 24.4. The number of aryl methyl sites for hydroxylation is 2. The van der Waals surface area contributed by atoms with Crippen molar-refractivity contribution in [3.05, 3.63) is 51.1 Å². The van der Waals surface area contributed by atoms with E-state index in [1.807, 2.05) is 4.68 Å². The highest BCUT2D eigenvalue weighted by molar-refractivity contribution is 5.82. The zero-order valence-corrected chi connectivity index (χ0v) is 21.3. The number of fused-ring (bicyclic) bond motifs is 1. The molecule has 1 saturated carbocycles. The molecule has 0 spiro atoms. The van der Waals surface area contributed by atoms with Crippen LogP contribution in [0.3, 0.4) is 0 Å². The minimum absolute atomic E-state index is 0.00152. The molecule has 3 heterocycles. The number of aromatic nitrogens is 5. The van der Waals surface area contributed by atoms with Crippen LogP contribution in [-0.4, -0.2) is 48.8 Å². The van der Waals surface area contributed by atoms with Crippen LogP contribution >= 0.6 is 0 Å². The van der Waals surface area contributed by atoms with E-state index >= 15 is 0 Å². The van der Waals surface area contributed by atoms with E-state index in [1.54, 1.807) is 0 Å². The first-order valence-corrected chi connectivity index (χ1v) is 13.3. The molecule has 1 aliphatic carbocycles. The first kappa shape index (κ1) is 24.1. The lowest BCUT2D eigenvalue weighted by molar-refractivity contribution is 0.0828. The van der Waals surface area contributed by atoms with Gasteiger partial charge in [-0.2, -0.15) is 0 Å². The summed E-state index contributed by atoms with van der Waals surface area (Å²) in [5.74, 6) is 0.901. The topological polar surface area (TPSA) is 88.9 Å². The minimum atomic E-state index is 0.00152. The molecule has 1 aromatic carbocycles. The Morgan fingerprint density at radius 3 is 2.74 bits per heavy atom. The molecule has 1 aliphatic heterocycles. The van der Waals surface area contributed by atoms with Gasteiger partial charge in [0, 0.05) is 24.8 Å². The van der Waals surface area contributed by atoms with Crippen LogP contribution in [0.2, 0.25) is 0 Å². The molecular formula is C27H38N6O2. The molecule has 2 aromatic heterocycles. The van der Waals surface area contributed by atoms with Gasteiger partial charge in [-0.05, 0) is 79.5 Å². The standard InChI is InChI=1S/C27H38N6O2/c1-4-8-24(26-29-30-31-33(26)17-23-11-7-12-35-23)32(22-9-5-6-10-22)16-21-15-20-14-18(2)13-19(3)25(20)28-27(21)34/h13-15,22-24H,4-12,16-17H2,1-3H3,(H,28,34)/t23-,24+/m0/s1. The number of benzene rings is 1. The summed E-state index contributed by atoms with van der Waals surface area (Å²) in [7, 11) is 0. The summed E-state index contributed by atoms with van der Waals surface area (Å²) in [5.41, 5.74) is 4.06. The number of pyridine rings is 1. The predicted octanol–water partition coefficient (Wildman–Crippen LogP) is 4.60. The molecule has 0 radical (unpaired) electrons. The number of ether oxygens (including phenoxy) is 1. The second-order valence-electron chi connectivity index (χ2n) is 10.4. The number of H-pyrrole nitrogens is 1. The largest absolute Gasteiger partial charge is 0.376 e. The first-order valence-electron chi connectivity index (χ1n) is 13.3. The van der Waals surface area contributed by atoms with Gasteiger partial charge in [-0.25, -0.2) is 4.68 Å². The second kappa shape index (κ2) is 10.6. The van der Waals surface area contributed by atoms with Crippen LogP contribution in [0.4, 0.5) is 0 Å². The summed E-state index contributed by atoms with van der Waals surface area (Å²) in [6.45, 7) is 8.48. The molecule has 1 saturated heterocycles. The number of rotatable bonds is 9. The highest BCUT2D eigenvalue weighted by atomic mass is 16.5. The molecule has 2 aliphatic rings. The fraction of sp³-hybridized carbons (Fsp3) is 0.630. The van der Waals surface area contributed by atoms with Gasteiger partial charge >= 0.3 is 0 Å².